The van der Waals surface area contributed by atoms with Crippen molar-refractivity contribution in [2.45, 2.75) is 51.5 Å². The van der Waals surface area contributed by atoms with E-state index in [9.17, 15) is 9.59 Å². The molecule has 2 aliphatic rings. The summed E-state index contributed by atoms with van der Waals surface area (Å²) in [6.45, 7) is 3.01. The van der Waals surface area contributed by atoms with Gasteiger partial charge in [0.25, 0.3) is 0 Å². The Labute approximate surface area is 128 Å². The lowest BCUT2D eigenvalue weighted by molar-refractivity contribution is -0.195. The highest BCUT2D eigenvalue weighted by Gasteiger charge is 2.50. The summed E-state index contributed by atoms with van der Waals surface area (Å²) in [5.74, 6) is -0.948. The third-order valence-electron chi connectivity index (χ3n) is 3.82. The van der Waals surface area contributed by atoms with Gasteiger partial charge in [-0.15, -0.1) is 0 Å². The molecule has 1 saturated heterocycles. The predicted octanol–water partition coefficient (Wildman–Crippen LogP) is 1.35. The van der Waals surface area contributed by atoms with Crippen LogP contribution in [0.2, 0.25) is 0 Å². The summed E-state index contributed by atoms with van der Waals surface area (Å²) in [5.41, 5.74) is 2.21. The van der Waals surface area contributed by atoms with Crippen molar-refractivity contribution in [1.29, 1.82) is 0 Å². The van der Waals surface area contributed by atoms with Gasteiger partial charge in [0.15, 0.2) is 6.10 Å². The number of hydrogen-bond donors (Lipinski definition) is 0. The fraction of sp³-hybridized carbons (Fsp3) is 0.500. The molecule has 22 heavy (non-hydrogen) atoms. The minimum Gasteiger partial charge on any atom is -0.453 e. The van der Waals surface area contributed by atoms with E-state index in [4.69, 9.17) is 18.9 Å². The fourth-order valence-electron chi connectivity index (χ4n) is 2.93. The van der Waals surface area contributed by atoms with Gasteiger partial charge in [-0.2, -0.15) is 0 Å². The molecule has 1 unspecified atom stereocenters. The van der Waals surface area contributed by atoms with Crippen LogP contribution < -0.4 is 0 Å². The molecule has 6 heteroatoms. The van der Waals surface area contributed by atoms with Crippen molar-refractivity contribution in [3.63, 3.8) is 0 Å². The first kappa shape index (κ1) is 15.0. The van der Waals surface area contributed by atoms with Crippen molar-refractivity contribution in [3.05, 3.63) is 35.4 Å². The molecule has 1 fully saturated rings. The molecule has 6 nitrogen and oxygen atoms in total. The highest BCUT2D eigenvalue weighted by molar-refractivity contribution is 5.67. The lowest BCUT2D eigenvalue weighted by atomic mass is 10.0. The van der Waals surface area contributed by atoms with E-state index in [2.05, 4.69) is 0 Å². The molecule has 0 saturated carbocycles. The summed E-state index contributed by atoms with van der Waals surface area (Å²) in [6.07, 6.45) is -1.84. The molecule has 0 N–H and O–H groups in total. The second kappa shape index (κ2) is 6.06. The SMILES string of the molecule is CC(=O)OC1O[C@@H]2Cc3ccccc3CO[C@@H]2[C@H]1OC(C)=O. The Kier molecular flexibility index (Phi) is 4.13. The largest absolute Gasteiger partial charge is 0.453 e. The van der Waals surface area contributed by atoms with Crippen LogP contribution in [0, 0.1) is 0 Å². The fourth-order valence-corrected chi connectivity index (χ4v) is 2.93. The summed E-state index contributed by atoms with van der Waals surface area (Å²) < 4.78 is 22.1. The maximum absolute atomic E-state index is 11.3. The topological polar surface area (TPSA) is 71.1 Å². The minimum atomic E-state index is -0.929. The van der Waals surface area contributed by atoms with Gasteiger partial charge < -0.3 is 18.9 Å². The van der Waals surface area contributed by atoms with E-state index in [0.29, 0.717) is 13.0 Å². The Bertz CT molecular complexity index is 584. The number of fused-ring (bicyclic) bond motifs is 2. The lowest BCUT2D eigenvalue weighted by Crippen LogP contribution is -2.39. The van der Waals surface area contributed by atoms with E-state index >= 15 is 0 Å². The first-order valence-electron chi connectivity index (χ1n) is 7.23. The number of carbonyl (C=O) groups excluding carboxylic acids is 2. The first-order chi connectivity index (χ1) is 10.5. The van der Waals surface area contributed by atoms with Crippen molar-refractivity contribution < 1.29 is 28.5 Å². The highest BCUT2D eigenvalue weighted by atomic mass is 16.7. The molecule has 0 amide bonds. The molecule has 1 aromatic rings. The van der Waals surface area contributed by atoms with Crippen molar-refractivity contribution >= 4 is 11.9 Å². The third-order valence-corrected chi connectivity index (χ3v) is 3.82. The summed E-state index contributed by atoms with van der Waals surface area (Å²) in [5, 5.41) is 0. The van der Waals surface area contributed by atoms with Crippen LogP contribution in [-0.4, -0.2) is 36.5 Å². The summed E-state index contributed by atoms with van der Waals surface area (Å²) in [6, 6.07) is 7.93. The zero-order valence-corrected chi connectivity index (χ0v) is 12.5. The second-order valence-corrected chi connectivity index (χ2v) is 5.47. The van der Waals surface area contributed by atoms with Gasteiger partial charge in [0.05, 0.1) is 12.7 Å². The van der Waals surface area contributed by atoms with E-state index in [-0.39, 0.29) is 6.10 Å². The molecule has 4 atom stereocenters. The molecule has 2 aliphatic heterocycles. The van der Waals surface area contributed by atoms with Gasteiger partial charge in [0.1, 0.15) is 6.10 Å². The number of esters is 2. The lowest BCUT2D eigenvalue weighted by Gasteiger charge is -2.22. The van der Waals surface area contributed by atoms with Gasteiger partial charge in [-0.25, -0.2) is 0 Å². The number of carbonyl (C=O) groups is 2. The van der Waals surface area contributed by atoms with Gasteiger partial charge in [-0.05, 0) is 11.1 Å². The molecule has 0 aliphatic carbocycles. The molecule has 0 spiro atoms. The molecule has 0 bridgehead atoms. The quantitative estimate of drug-likeness (QED) is 0.768. The van der Waals surface area contributed by atoms with Gasteiger partial charge in [-0.1, -0.05) is 24.3 Å². The normalized spacial score (nSPS) is 29.9. The highest BCUT2D eigenvalue weighted by Crippen LogP contribution is 2.33. The molecule has 118 valence electrons. The van der Waals surface area contributed by atoms with Crippen LogP contribution in [-0.2, 0) is 41.6 Å². The van der Waals surface area contributed by atoms with E-state index in [0.717, 1.165) is 11.1 Å². The standard InChI is InChI=1S/C16H18O6/c1-9(17)20-15-14-13(22-16(15)21-10(2)18)7-11-5-3-4-6-12(11)8-19-14/h3-6,13-16H,7-8H2,1-2H3/t13-,14+,15-,16?/m1/s1. The Morgan fingerprint density at radius 1 is 1.09 bits per heavy atom. The van der Waals surface area contributed by atoms with Crippen molar-refractivity contribution in [2.75, 3.05) is 0 Å². The van der Waals surface area contributed by atoms with E-state index < -0.39 is 30.4 Å². The van der Waals surface area contributed by atoms with Crippen LogP contribution in [0.3, 0.4) is 0 Å². The summed E-state index contributed by atoms with van der Waals surface area (Å²) in [4.78, 5) is 22.6. The second-order valence-electron chi connectivity index (χ2n) is 5.47. The Morgan fingerprint density at radius 3 is 2.45 bits per heavy atom. The maximum Gasteiger partial charge on any atom is 0.305 e. The summed E-state index contributed by atoms with van der Waals surface area (Å²) >= 11 is 0. The van der Waals surface area contributed by atoms with Crippen LogP contribution in [0.25, 0.3) is 0 Å². The maximum atomic E-state index is 11.3. The Hall–Kier alpha value is -1.92. The van der Waals surface area contributed by atoms with E-state index in [1.54, 1.807) is 0 Å². The van der Waals surface area contributed by atoms with Gasteiger partial charge >= 0.3 is 11.9 Å². The molecule has 1 aromatic carbocycles. The Morgan fingerprint density at radius 2 is 1.77 bits per heavy atom. The monoisotopic (exact) mass is 306 g/mol. The van der Waals surface area contributed by atoms with Gasteiger partial charge in [-0.3, -0.25) is 9.59 Å². The van der Waals surface area contributed by atoms with Gasteiger partial charge in [0, 0.05) is 20.3 Å². The molecular formula is C16H18O6. The first-order valence-corrected chi connectivity index (χ1v) is 7.23. The number of benzene rings is 1. The summed E-state index contributed by atoms with van der Waals surface area (Å²) in [7, 11) is 0. The number of ether oxygens (including phenoxy) is 4. The predicted molar refractivity (Wildman–Crippen MR) is 74.7 cm³/mol. The zero-order valence-electron chi connectivity index (χ0n) is 12.5. The Balaban J connectivity index is 1.84. The van der Waals surface area contributed by atoms with Crippen molar-refractivity contribution in [3.8, 4) is 0 Å². The average molecular weight is 306 g/mol. The van der Waals surface area contributed by atoms with E-state index in [1.165, 1.54) is 13.8 Å². The zero-order chi connectivity index (χ0) is 15.7. The number of rotatable bonds is 2. The molecule has 3 rings (SSSR count). The van der Waals surface area contributed by atoms with Crippen LogP contribution in [0.4, 0.5) is 0 Å². The number of hydrogen-bond acceptors (Lipinski definition) is 6. The van der Waals surface area contributed by atoms with Crippen LogP contribution in [0.1, 0.15) is 25.0 Å². The third kappa shape index (κ3) is 2.98. The average Bonchev–Trinajstić information content (AvgIpc) is 2.65. The molecule has 2 heterocycles. The van der Waals surface area contributed by atoms with Crippen LogP contribution in [0.5, 0.6) is 0 Å². The van der Waals surface area contributed by atoms with Crippen LogP contribution in [0.15, 0.2) is 24.3 Å². The van der Waals surface area contributed by atoms with Crippen LogP contribution >= 0.6 is 0 Å². The van der Waals surface area contributed by atoms with Crippen molar-refractivity contribution in [2.24, 2.45) is 0 Å². The minimum absolute atomic E-state index is 0.322. The molecule has 0 aromatic heterocycles. The van der Waals surface area contributed by atoms with Crippen molar-refractivity contribution in [1.82, 2.24) is 0 Å². The molecule has 0 radical (unpaired) electrons. The smallest absolute Gasteiger partial charge is 0.305 e. The van der Waals surface area contributed by atoms with E-state index in [1.807, 2.05) is 24.3 Å². The molecular weight excluding hydrogens is 288 g/mol. The van der Waals surface area contributed by atoms with Gasteiger partial charge in [0.2, 0.25) is 6.29 Å².